The Bertz CT molecular complexity index is 1390. The molecule has 0 aliphatic heterocycles. The van der Waals surface area contributed by atoms with Crippen molar-refractivity contribution in [3.05, 3.63) is 68.0 Å². The van der Waals surface area contributed by atoms with Gasteiger partial charge < -0.3 is 10.6 Å². The van der Waals surface area contributed by atoms with E-state index < -0.39 is 12.1 Å². The molecule has 3 rings (SSSR count). The molecular formula is C31H44N8O4. The number of anilines is 4. The van der Waals surface area contributed by atoms with Crippen molar-refractivity contribution in [2.45, 2.75) is 97.8 Å². The first-order chi connectivity index (χ1) is 20.7. The van der Waals surface area contributed by atoms with Crippen molar-refractivity contribution in [2.24, 2.45) is 0 Å². The first-order valence-corrected chi connectivity index (χ1v) is 15.1. The number of hydrogen-bond donors (Lipinski definition) is 6. The summed E-state index contributed by atoms with van der Waals surface area (Å²) in [5, 5.41) is 10.7. The van der Waals surface area contributed by atoms with Gasteiger partial charge in [-0.2, -0.15) is 0 Å². The van der Waals surface area contributed by atoms with E-state index in [-0.39, 0.29) is 34.9 Å². The standard InChI is InChI=1S/C31H44N8O4/c1-6-10-13-20(8-3)24-17-26(40)36-28(32-24)38-30(42)34-22-15-12-16-23(19(22)5)35-31(43)39-29-33-25(18-27(41)37-29)21(9-4)14-11-7-2/h12,15-18,20-21H,6-11,13-14H2,1-5H3,(H3,32,34,36,38,40,42)(H3,33,35,37,39,41,43). The van der Waals surface area contributed by atoms with E-state index >= 15 is 0 Å². The third-order valence-electron chi connectivity index (χ3n) is 7.45. The van der Waals surface area contributed by atoms with Gasteiger partial charge in [0.1, 0.15) is 0 Å². The fourth-order valence-corrected chi connectivity index (χ4v) is 4.94. The first-order valence-electron chi connectivity index (χ1n) is 15.1. The van der Waals surface area contributed by atoms with E-state index in [0.717, 1.165) is 51.4 Å². The highest BCUT2D eigenvalue weighted by molar-refractivity contribution is 6.02. The summed E-state index contributed by atoms with van der Waals surface area (Å²) in [5.74, 6) is 0.383. The maximum absolute atomic E-state index is 12.8. The largest absolute Gasteiger partial charge is 0.326 e. The Kier molecular flexibility index (Phi) is 12.5. The smallest absolute Gasteiger partial charge is 0.307 e. The third kappa shape index (κ3) is 9.79. The number of carbonyl (C=O) groups is 2. The van der Waals surface area contributed by atoms with Gasteiger partial charge in [0, 0.05) is 35.3 Å². The summed E-state index contributed by atoms with van der Waals surface area (Å²) < 4.78 is 0. The van der Waals surface area contributed by atoms with Crippen LogP contribution in [-0.2, 0) is 0 Å². The Labute approximate surface area is 251 Å². The molecule has 2 unspecified atom stereocenters. The SMILES string of the molecule is CCCCC(CC)c1cc(=O)[nH]c(NC(=O)Nc2cccc(NC(=O)Nc3nc(C(CC)CCCC)cc(=O)[nH]3)c2C)n1. The summed E-state index contributed by atoms with van der Waals surface area (Å²) in [4.78, 5) is 64.3. The van der Waals surface area contributed by atoms with Gasteiger partial charge in [0.2, 0.25) is 11.9 Å². The van der Waals surface area contributed by atoms with Crippen LogP contribution in [0.3, 0.4) is 0 Å². The van der Waals surface area contributed by atoms with Crippen molar-refractivity contribution in [1.82, 2.24) is 19.9 Å². The summed E-state index contributed by atoms with van der Waals surface area (Å²) in [7, 11) is 0. The molecule has 0 aliphatic carbocycles. The average molecular weight is 593 g/mol. The number of aromatic nitrogens is 4. The number of amides is 4. The van der Waals surface area contributed by atoms with Crippen LogP contribution in [-0.4, -0.2) is 32.0 Å². The van der Waals surface area contributed by atoms with Crippen LogP contribution in [0.1, 0.15) is 108 Å². The Morgan fingerprint density at radius 1 is 0.721 bits per heavy atom. The lowest BCUT2D eigenvalue weighted by molar-refractivity contribution is 0.261. The van der Waals surface area contributed by atoms with Gasteiger partial charge in [0.05, 0.1) is 11.4 Å². The Hall–Kier alpha value is -4.48. The van der Waals surface area contributed by atoms with Crippen LogP contribution in [0.2, 0.25) is 0 Å². The molecule has 0 aliphatic rings. The summed E-state index contributed by atoms with van der Waals surface area (Å²) in [5.41, 5.74) is 2.10. The second-order valence-corrected chi connectivity index (χ2v) is 10.7. The maximum atomic E-state index is 12.8. The molecule has 4 amide bonds. The quantitative estimate of drug-likeness (QED) is 0.120. The number of carbonyl (C=O) groups excluding carboxylic acids is 2. The molecule has 2 aromatic heterocycles. The molecule has 2 atom stereocenters. The van der Waals surface area contributed by atoms with Gasteiger partial charge >= 0.3 is 12.1 Å². The minimum absolute atomic E-state index is 0.0602. The van der Waals surface area contributed by atoms with Crippen LogP contribution in [0, 0.1) is 6.92 Å². The minimum atomic E-state index is -0.598. The Morgan fingerprint density at radius 2 is 1.14 bits per heavy atom. The van der Waals surface area contributed by atoms with Crippen LogP contribution < -0.4 is 32.4 Å². The molecule has 0 bridgehead atoms. The fourth-order valence-electron chi connectivity index (χ4n) is 4.94. The van der Waals surface area contributed by atoms with Crippen molar-refractivity contribution in [2.75, 3.05) is 21.3 Å². The molecule has 12 nitrogen and oxygen atoms in total. The lowest BCUT2D eigenvalue weighted by Gasteiger charge is -2.16. The molecule has 6 N–H and O–H groups in total. The fraction of sp³-hybridized carbons (Fsp3) is 0.484. The number of urea groups is 2. The van der Waals surface area contributed by atoms with Crippen molar-refractivity contribution in [3.63, 3.8) is 0 Å². The van der Waals surface area contributed by atoms with Crippen molar-refractivity contribution in [1.29, 1.82) is 0 Å². The van der Waals surface area contributed by atoms with E-state index in [1.165, 1.54) is 12.1 Å². The van der Waals surface area contributed by atoms with Crippen molar-refractivity contribution < 1.29 is 9.59 Å². The highest BCUT2D eigenvalue weighted by Gasteiger charge is 2.17. The number of aromatic amines is 2. The van der Waals surface area contributed by atoms with Crippen LogP contribution in [0.15, 0.2) is 39.9 Å². The molecular weight excluding hydrogens is 548 g/mol. The van der Waals surface area contributed by atoms with Gasteiger partial charge in [-0.05, 0) is 50.3 Å². The van der Waals surface area contributed by atoms with E-state index in [2.05, 4.69) is 68.9 Å². The second kappa shape index (κ2) is 16.2. The molecule has 12 heteroatoms. The monoisotopic (exact) mass is 592 g/mol. The number of hydrogen-bond acceptors (Lipinski definition) is 6. The molecule has 0 saturated carbocycles. The predicted octanol–water partition coefficient (Wildman–Crippen LogP) is 6.82. The number of H-pyrrole nitrogens is 2. The molecule has 43 heavy (non-hydrogen) atoms. The molecule has 1 aromatic carbocycles. The number of nitrogens with one attached hydrogen (secondary N) is 6. The highest BCUT2D eigenvalue weighted by atomic mass is 16.2. The van der Waals surface area contributed by atoms with E-state index in [0.29, 0.717) is 28.3 Å². The van der Waals surface area contributed by atoms with Gasteiger partial charge in [-0.15, -0.1) is 0 Å². The lowest BCUT2D eigenvalue weighted by Crippen LogP contribution is -2.25. The van der Waals surface area contributed by atoms with Crippen LogP contribution in [0.25, 0.3) is 0 Å². The second-order valence-electron chi connectivity index (χ2n) is 10.7. The van der Waals surface area contributed by atoms with Gasteiger partial charge in [0.15, 0.2) is 0 Å². The topological polar surface area (TPSA) is 174 Å². The molecule has 0 saturated heterocycles. The summed E-state index contributed by atoms with van der Waals surface area (Å²) in [6.07, 6.45) is 7.65. The normalized spacial score (nSPS) is 12.3. The summed E-state index contributed by atoms with van der Waals surface area (Å²) in [6.45, 7) is 10.1. The van der Waals surface area contributed by atoms with Gasteiger partial charge in [-0.25, -0.2) is 19.6 Å². The number of nitrogens with zero attached hydrogens (tertiary/aromatic N) is 2. The molecule has 0 fully saturated rings. The first kappa shape index (κ1) is 33.0. The van der Waals surface area contributed by atoms with Crippen LogP contribution in [0.4, 0.5) is 32.9 Å². The zero-order valence-electron chi connectivity index (χ0n) is 25.7. The molecule has 3 aromatic rings. The predicted molar refractivity (Wildman–Crippen MR) is 171 cm³/mol. The van der Waals surface area contributed by atoms with Crippen molar-refractivity contribution in [3.8, 4) is 0 Å². The number of unbranched alkanes of at least 4 members (excludes halogenated alkanes) is 2. The summed E-state index contributed by atoms with van der Waals surface area (Å²) >= 11 is 0. The van der Waals surface area contributed by atoms with Gasteiger partial charge in [-0.3, -0.25) is 30.2 Å². The van der Waals surface area contributed by atoms with Gasteiger partial charge in [0.25, 0.3) is 11.1 Å². The lowest BCUT2D eigenvalue weighted by atomic mass is 9.96. The van der Waals surface area contributed by atoms with Gasteiger partial charge in [-0.1, -0.05) is 59.4 Å². The zero-order valence-corrected chi connectivity index (χ0v) is 25.7. The maximum Gasteiger partial charge on any atom is 0.326 e. The average Bonchev–Trinajstić information content (AvgIpc) is 2.95. The van der Waals surface area contributed by atoms with Crippen molar-refractivity contribution >= 4 is 35.3 Å². The van der Waals surface area contributed by atoms with E-state index in [4.69, 9.17) is 0 Å². The van der Waals surface area contributed by atoms with E-state index in [1.807, 2.05) is 0 Å². The minimum Gasteiger partial charge on any atom is -0.307 e. The Morgan fingerprint density at radius 3 is 1.51 bits per heavy atom. The van der Waals surface area contributed by atoms with Crippen LogP contribution in [0.5, 0.6) is 0 Å². The zero-order chi connectivity index (χ0) is 31.4. The third-order valence-corrected chi connectivity index (χ3v) is 7.45. The van der Waals surface area contributed by atoms with E-state index in [1.54, 1.807) is 25.1 Å². The molecule has 0 spiro atoms. The number of benzene rings is 1. The molecule has 232 valence electrons. The van der Waals surface area contributed by atoms with E-state index in [9.17, 15) is 19.2 Å². The summed E-state index contributed by atoms with van der Waals surface area (Å²) in [6, 6.07) is 6.81. The highest BCUT2D eigenvalue weighted by Crippen LogP contribution is 2.26. The number of rotatable bonds is 14. The Balaban J connectivity index is 1.68. The molecule has 2 heterocycles. The van der Waals surface area contributed by atoms with Crippen LogP contribution >= 0.6 is 0 Å². The molecule has 0 radical (unpaired) electrons.